The Labute approximate surface area is 138 Å². The molecule has 0 spiro atoms. The molecular weight excluding hydrogens is 320 g/mol. The number of carbonyl (C=O) groups excluding carboxylic acids is 1. The zero-order chi connectivity index (χ0) is 17.0. The van der Waals surface area contributed by atoms with E-state index in [-0.39, 0.29) is 17.1 Å². The van der Waals surface area contributed by atoms with E-state index in [1.807, 2.05) is 0 Å². The number of ketones is 1. The largest absolute Gasteiger partial charge is 0.507 e. The standard InChI is InChI=1S/C17H15ClO5/c1-22-16-6-3-10(7-17(16)23-2)14(20)9-15(21)12-8-11(18)4-5-13(12)19/h3-9,19-20H,1-2H3. The predicted molar refractivity (Wildman–Crippen MR) is 87.6 cm³/mol. The maximum absolute atomic E-state index is 12.2. The molecule has 0 unspecified atom stereocenters. The molecule has 0 saturated heterocycles. The molecule has 2 rings (SSSR count). The van der Waals surface area contributed by atoms with Crippen LogP contribution in [0.5, 0.6) is 17.2 Å². The molecule has 0 fully saturated rings. The van der Waals surface area contributed by atoms with Crippen molar-refractivity contribution in [1.29, 1.82) is 0 Å². The lowest BCUT2D eigenvalue weighted by Crippen LogP contribution is -1.98. The van der Waals surface area contributed by atoms with Crippen LogP contribution >= 0.6 is 11.6 Å². The number of rotatable bonds is 5. The topological polar surface area (TPSA) is 76.0 Å². The summed E-state index contributed by atoms with van der Waals surface area (Å²) in [6, 6.07) is 8.84. The third kappa shape index (κ3) is 3.76. The van der Waals surface area contributed by atoms with Crippen molar-refractivity contribution in [2.45, 2.75) is 0 Å². The summed E-state index contributed by atoms with van der Waals surface area (Å²) < 4.78 is 10.3. The van der Waals surface area contributed by atoms with Crippen molar-refractivity contribution in [2.24, 2.45) is 0 Å². The van der Waals surface area contributed by atoms with Crippen LogP contribution in [0.3, 0.4) is 0 Å². The average Bonchev–Trinajstić information content (AvgIpc) is 2.56. The molecule has 0 aromatic heterocycles. The van der Waals surface area contributed by atoms with Gasteiger partial charge in [-0.05, 0) is 36.4 Å². The number of benzene rings is 2. The second-order valence-corrected chi connectivity index (χ2v) is 5.06. The molecule has 2 N–H and O–H groups in total. The molecule has 0 radical (unpaired) electrons. The highest BCUT2D eigenvalue weighted by molar-refractivity contribution is 6.31. The summed E-state index contributed by atoms with van der Waals surface area (Å²) >= 11 is 5.81. The lowest BCUT2D eigenvalue weighted by Gasteiger charge is -2.09. The molecule has 0 saturated carbocycles. The number of halogens is 1. The summed E-state index contributed by atoms with van der Waals surface area (Å²) in [5.74, 6) is -0.130. The molecule has 0 amide bonds. The summed E-state index contributed by atoms with van der Waals surface area (Å²) in [5, 5.41) is 20.1. The van der Waals surface area contributed by atoms with Gasteiger partial charge in [0.15, 0.2) is 17.3 Å². The lowest BCUT2D eigenvalue weighted by atomic mass is 10.1. The van der Waals surface area contributed by atoms with Crippen molar-refractivity contribution in [3.05, 3.63) is 58.6 Å². The zero-order valence-electron chi connectivity index (χ0n) is 12.5. The molecular formula is C17H15ClO5. The lowest BCUT2D eigenvalue weighted by molar-refractivity contribution is 0.104. The van der Waals surface area contributed by atoms with E-state index >= 15 is 0 Å². The number of aliphatic hydroxyl groups is 1. The van der Waals surface area contributed by atoms with Gasteiger partial charge in [-0.2, -0.15) is 0 Å². The Morgan fingerprint density at radius 1 is 1.09 bits per heavy atom. The van der Waals surface area contributed by atoms with Gasteiger partial charge in [0.2, 0.25) is 0 Å². The fraction of sp³-hybridized carbons (Fsp3) is 0.118. The highest BCUT2D eigenvalue weighted by atomic mass is 35.5. The first-order valence-corrected chi connectivity index (χ1v) is 7.00. The number of methoxy groups -OCH3 is 2. The fourth-order valence-electron chi connectivity index (χ4n) is 1.99. The van der Waals surface area contributed by atoms with Crippen LogP contribution in [-0.4, -0.2) is 30.2 Å². The molecule has 0 aliphatic carbocycles. The van der Waals surface area contributed by atoms with E-state index in [4.69, 9.17) is 21.1 Å². The van der Waals surface area contributed by atoms with Crippen LogP contribution in [0, 0.1) is 0 Å². The second-order valence-electron chi connectivity index (χ2n) is 4.63. The van der Waals surface area contributed by atoms with E-state index in [2.05, 4.69) is 0 Å². The summed E-state index contributed by atoms with van der Waals surface area (Å²) in [6.07, 6.45) is 1.01. The number of phenolic OH excluding ortho intramolecular Hbond substituents is 1. The van der Waals surface area contributed by atoms with Gasteiger partial charge in [0.05, 0.1) is 19.8 Å². The van der Waals surface area contributed by atoms with Crippen molar-refractivity contribution in [1.82, 2.24) is 0 Å². The number of ether oxygens (including phenoxy) is 2. The highest BCUT2D eigenvalue weighted by Crippen LogP contribution is 2.30. The van der Waals surface area contributed by atoms with E-state index in [1.165, 1.54) is 38.5 Å². The quantitative estimate of drug-likeness (QED) is 0.493. The van der Waals surface area contributed by atoms with Gasteiger partial charge in [-0.3, -0.25) is 4.79 Å². The number of hydrogen-bond donors (Lipinski definition) is 2. The molecule has 5 nitrogen and oxygen atoms in total. The minimum atomic E-state index is -0.572. The third-order valence-electron chi connectivity index (χ3n) is 3.17. The zero-order valence-corrected chi connectivity index (χ0v) is 13.3. The van der Waals surface area contributed by atoms with Gasteiger partial charge in [-0.1, -0.05) is 11.6 Å². The second kappa shape index (κ2) is 7.07. The number of aliphatic hydroxyl groups excluding tert-OH is 1. The maximum atomic E-state index is 12.2. The van der Waals surface area contributed by atoms with Crippen LogP contribution in [-0.2, 0) is 0 Å². The van der Waals surface area contributed by atoms with Crippen LogP contribution in [0.15, 0.2) is 42.5 Å². The number of allylic oxidation sites excluding steroid dienone is 1. The number of phenols is 1. The first kappa shape index (κ1) is 16.7. The first-order chi connectivity index (χ1) is 11.0. The molecule has 120 valence electrons. The Morgan fingerprint density at radius 3 is 2.43 bits per heavy atom. The van der Waals surface area contributed by atoms with Gasteiger partial charge < -0.3 is 19.7 Å². The molecule has 0 bridgehead atoms. The van der Waals surface area contributed by atoms with E-state index in [1.54, 1.807) is 12.1 Å². The van der Waals surface area contributed by atoms with E-state index < -0.39 is 5.78 Å². The van der Waals surface area contributed by atoms with Crippen LogP contribution < -0.4 is 9.47 Å². The van der Waals surface area contributed by atoms with Crippen LogP contribution in [0.25, 0.3) is 5.76 Å². The molecule has 0 aliphatic heterocycles. The van der Waals surface area contributed by atoms with E-state index in [0.717, 1.165) is 6.08 Å². The Hall–Kier alpha value is -2.66. The molecule has 0 aliphatic rings. The molecule has 23 heavy (non-hydrogen) atoms. The minimum Gasteiger partial charge on any atom is -0.507 e. The summed E-state index contributed by atoms with van der Waals surface area (Å²) in [7, 11) is 2.97. The number of hydrogen-bond acceptors (Lipinski definition) is 5. The van der Waals surface area contributed by atoms with E-state index in [9.17, 15) is 15.0 Å². The van der Waals surface area contributed by atoms with Gasteiger partial charge in [0, 0.05) is 16.7 Å². The van der Waals surface area contributed by atoms with Crippen LogP contribution in [0.2, 0.25) is 5.02 Å². The van der Waals surface area contributed by atoms with Gasteiger partial charge in [-0.25, -0.2) is 0 Å². The fourth-order valence-corrected chi connectivity index (χ4v) is 2.16. The van der Waals surface area contributed by atoms with Crippen molar-refractivity contribution in [2.75, 3.05) is 14.2 Å². The summed E-state index contributed by atoms with van der Waals surface area (Å²) in [5.41, 5.74) is 0.377. The Balaban J connectivity index is 2.35. The molecule has 2 aromatic rings. The monoisotopic (exact) mass is 334 g/mol. The minimum absolute atomic E-state index is 0.00419. The number of carbonyl (C=O) groups is 1. The Bertz CT molecular complexity index is 768. The molecule has 6 heteroatoms. The van der Waals surface area contributed by atoms with Gasteiger partial charge in [0.25, 0.3) is 0 Å². The summed E-state index contributed by atoms with van der Waals surface area (Å²) in [6.45, 7) is 0. The first-order valence-electron chi connectivity index (χ1n) is 6.62. The Kier molecular flexibility index (Phi) is 5.13. The van der Waals surface area contributed by atoms with Gasteiger partial charge in [0.1, 0.15) is 11.5 Å². The SMILES string of the molecule is COc1ccc(C(O)=CC(=O)c2cc(Cl)ccc2O)cc1OC. The predicted octanol–water partition coefficient (Wildman–Crippen LogP) is 3.84. The van der Waals surface area contributed by atoms with Crippen LogP contribution in [0.4, 0.5) is 0 Å². The smallest absolute Gasteiger partial charge is 0.193 e. The van der Waals surface area contributed by atoms with Crippen molar-refractivity contribution < 1.29 is 24.5 Å². The highest BCUT2D eigenvalue weighted by Gasteiger charge is 2.13. The number of aromatic hydroxyl groups is 1. The van der Waals surface area contributed by atoms with E-state index in [0.29, 0.717) is 22.1 Å². The summed E-state index contributed by atoms with van der Waals surface area (Å²) in [4.78, 5) is 12.2. The van der Waals surface area contributed by atoms with Gasteiger partial charge in [-0.15, -0.1) is 0 Å². The molecule has 0 atom stereocenters. The molecule has 0 heterocycles. The molecule has 2 aromatic carbocycles. The van der Waals surface area contributed by atoms with Crippen molar-refractivity contribution >= 4 is 23.1 Å². The normalized spacial score (nSPS) is 11.2. The maximum Gasteiger partial charge on any atom is 0.193 e. The van der Waals surface area contributed by atoms with Crippen molar-refractivity contribution in [3.8, 4) is 17.2 Å². The van der Waals surface area contributed by atoms with Crippen LogP contribution in [0.1, 0.15) is 15.9 Å². The third-order valence-corrected chi connectivity index (χ3v) is 3.41. The van der Waals surface area contributed by atoms with Crippen molar-refractivity contribution in [3.63, 3.8) is 0 Å². The average molecular weight is 335 g/mol. The van der Waals surface area contributed by atoms with Gasteiger partial charge >= 0.3 is 0 Å². The Morgan fingerprint density at radius 2 is 1.78 bits per heavy atom.